The molecule has 0 aliphatic rings. The average molecular weight is 372 g/mol. The fourth-order valence-corrected chi connectivity index (χ4v) is 2.81. The predicted molar refractivity (Wildman–Crippen MR) is 99.2 cm³/mol. The molecule has 1 aromatic heterocycles. The van der Waals surface area contributed by atoms with Crippen LogP contribution in [0.5, 0.6) is 5.75 Å². The fourth-order valence-electron chi connectivity index (χ4n) is 2.16. The highest BCUT2D eigenvalue weighted by atomic mass is 32.1. The van der Waals surface area contributed by atoms with Crippen LogP contribution in [0.15, 0.2) is 42.5 Å². The van der Waals surface area contributed by atoms with Crippen molar-refractivity contribution in [1.82, 2.24) is 10.2 Å². The van der Waals surface area contributed by atoms with Gasteiger partial charge in [0.1, 0.15) is 18.2 Å². The monoisotopic (exact) mass is 372 g/mol. The summed E-state index contributed by atoms with van der Waals surface area (Å²) in [7, 11) is 0. The molecular formula is C18H17FN4O2S. The Labute approximate surface area is 154 Å². The normalized spacial score (nSPS) is 10.4. The molecule has 0 spiro atoms. The quantitative estimate of drug-likeness (QED) is 0.690. The van der Waals surface area contributed by atoms with E-state index in [4.69, 9.17) is 4.74 Å². The first-order chi connectivity index (χ1) is 12.5. The molecule has 2 aromatic carbocycles. The van der Waals surface area contributed by atoms with Crippen LogP contribution in [-0.4, -0.2) is 16.2 Å². The maximum absolute atomic E-state index is 12.9. The number of halogens is 1. The molecule has 134 valence electrons. The molecule has 0 unspecified atom stereocenters. The number of carbonyl (C=O) groups excluding carboxylic acids is 1. The van der Waals surface area contributed by atoms with Gasteiger partial charge in [-0.1, -0.05) is 23.5 Å². The molecule has 0 radical (unpaired) electrons. The lowest BCUT2D eigenvalue weighted by Crippen LogP contribution is -2.19. The van der Waals surface area contributed by atoms with Gasteiger partial charge in [-0.25, -0.2) is 9.18 Å². The highest BCUT2D eigenvalue weighted by Crippen LogP contribution is 2.22. The Balaban J connectivity index is 1.55. The minimum atomic E-state index is -0.477. The molecule has 3 aromatic rings. The predicted octanol–water partition coefficient (Wildman–Crippen LogP) is 4.52. The van der Waals surface area contributed by atoms with Crippen molar-refractivity contribution >= 4 is 28.2 Å². The van der Waals surface area contributed by atoms with Crippen LogP contribution in [0.4, 0.5) is 20.0 Å². The fraction of sp³-hybridized carbons (Fsp3) is 0.167. The van der Waals surface area contributed by atoms with Crippen molar-refractivity contribution in [3.05, 3.63) is 64.4 Å². The zero-order valence-corrected chi connectivity index (χ0v) is 15.1. The lowest BCUT2D eigenvalue weighted by atomic mass is 10.1. The molecule has 0 aliphatic carbocycles. The molecule has 0 saturated carbocycles. The van der Waals surface area contributed by atoms with E-state index in [0.717, 1.165) is 16.9 Å². The molecule has 0 bridgehead atoms. The zero-order valence-electron chi connectivity index (χ0n) is 14.2. The lowest BCUT2D eigenvalue weighted by Gasteiger charge is -2.08. The highest BCUT2D eigenvalue weighted by Gasteiger charge is 2.10. The van der Waals surface area contributed by atoms with Gasteiger partial charge in [0.25, 0.3) is 0 Å². The van der Waals surface area contributed by atoms with E-state index in [-0.39, 0.29) is 12.4 Å². The number of hydrogen-bond acceptors (Lipinski definition) is 5. The van der Waals surface area contributed by atoms with E-state index < -0.39 is 6.03 Å². The molecule has 0 fully saturated rings. The number of hydrogen-bond donors (Lipinski definition) is 2. The van der Waals surface area contributed by atoms with Crippen LogP contribution < -0.4 is 15.4 Å². The summed E-state index contributed by atoms with van der Waals surface area (Å²) in [6.07, 6.45) is 0. The first-order valence-corrected chi connectivity index (χ1v) is 8.67. The number of nitrogens with one attached hydrogen (secondary N) is 2. The second kappa shape index (κ2) is 7.92. The Morgan fingerprint density at radius 2 is 1.88 bits per heavy atom. The Kier molecular flexibility index (Phi) is 5.43. The van der Waals surface area contributed by atoms with Gasteiger partial charge in [0.2, 0.25) is 5.13 Å². The van der Waals surface area contributed by atoms with Crippen LogP contribution in [0.3, 0.4) is 0 Å². The Morgan fingerprint density at radius 3 is 2.65 bits per heavy atom. The number of aromatic nitrogens is 2. The summed E-state index contributed by atoms with van der Waals surface area (Å²) >= 11 is 1.22. The summed E-state index contributed by atoms with van der Waals surface area (Å²) in [4.78, 5) is 11.9. The van der Waals surface area contributed by atoms with E-state index >= 15 is 0 Å². The molecule has 2 amide bonds. The van der Waals surface area contributed by atoms with Crippen LogP contribution >= 0.6 is 11.3 Å². The van der Waals surface area contributed by atoms with E-state index in [0.29, 0.717) is 15.8 Å². The van der Waals surface area contributed by atoms with Crippen molar-refractivity contribution < 1.29 is 13.9 Å². The van der Waals surface area contributed by atoms with Crippen LogP contribution in [0.1, 0.15) is 16.1 Å². The van der Waals surface area contributed by atoms with Gasteiger partial charge in [0.05, 0.1) is 0 Å². The summed E-state index contributed by atoms with van der Waals surface area (Å²) in [5, 5.41) is 14.1. The zero-order chi connectivity index (χ0) is 18.5. The third kappa shape index (κ3) is 4.76. The smallest absolute Gasteiger partial charge is 0.325 e. The minimum Gasteiger partial charge on any atom is -0.486 e. The summed E-state index contributed by atoms with van der Waals surface area (Å²) < 4.78 is 18.6. The van der Waals surface area contributed by atoms with E-state index in [1.165, 1.54) is 35.6 Å². The molecule has 0 atom stereocenters. The number of nitrogens with zero attached hydrogens (tertiary/aromatic N) is 2. The SMILES string of the molecule is Cc1ccc(C)c(OCc2nnc(NC(=O)Nc3ccc(F)cc3)s2)c1. The van der Waals surface area contributed by atoms with Gasteiger partial charge in [-0.2, -0.15) is 0 Å². The third-order valence-corrected chi connectivity index (χ3v) is 4.30. The molecule has 2 N–H and O–H groups in total. The molecule has 8 heteroatoms. The Bertz CT molecular complexity index is 912. The average Bonchev–Trinajstić information content (AvgIpc) is 3.05. The van der Waals surface area contributed by atoms with Gasteiger partial charge in [-0.3, -0.25) is 5.32 Å². The third-order valence-electron chi connectivity index (χ3n) is 3.48. The molecular weight excluding hydrogens is 355 g/mol. The number of rotatable bonds is 5. The van der Waals surface area contributed by atoms with Crippen LogP contribution in [0.2, 0.25) is 0 Å². The first kappa shape index (κ1) is 17.8. The van der Waals surface area contributed by atoms with Crippen molar-refractivity contribution in [2.75, 3.05) is 10.6 Å². The number of amides is 2. The topological polar surface area (TPSA) is 76.1 Å². The summed E-state index contributed by atoms with van der Waals surface area (Å²) in [6, 6.07) is 11.0. The number of ether oxygens (including phenoxy) is 1. The van der Waals surface area contributed by atoms with Gasteiger partial charge < -0.3 is 10.1 Å². The van der Waals surface area contributed by atoms with Gasteiger partial charge in [-0.15, -0.1) is 10.2 Å². The van der Waals surface area contributed by atoms with Crippen molar-refractivity contribution in [2.45, 2.75) is 20.5 Å². The number of carbonyl (C=O) groups is 1. The van der Waals surface area contributed by atoms with E-state index in [1.54, 1.807) is 0 Å². The summed E-state index contributed by atoms with van der Waals surface area (Å²) in [5.74, 6) is 0.428. The van der Waals surface area contributed by atoms with Crippen molar-refractivity contribution in [3.8, 4) is 5.75 Å². The van der Waals surface area contributed by atoms with Crippen LogP contribution in [0.25, 0.3) is 0 Å². The number of anilines is 2. The van der Waals surface area contributed by atoms with Gasteiger partial charge in [0.15, 0.2) is 5.01 Å². The molecule has 6 nitrogen and oxygen atoms in total. The lowest BCUT2D eigenvalue weighted by molar-refractivity contribution is 0.262. The molecule has 0 saturated heterocycles. The standard InChI is InChI=1S/C18H17FN4O2S/c1-11-3-4-12(2)15(9-11)25-10-16-22-23-18(26-16)21-17(24)20-14-7-5-13(19)6-8-14/h3-9H,10H2,1-2H3,(H2,20,21,23,24). The first-order valence-electron chi connectivity index (χ1n) is 7.85. The van der Waals surface area contributed by atoms with Gasteiger partial charge in [-0.05, 0) is 55.3 Å². The Morgan fingerprint density at radius 1 is 1.12 bits per heavy atom. The maximum Gasteiger partial charge on any atom is 0.325 e. The van der Waals surface area contributed by atoms with E-state index in [2.05, 4.69) is 20.8 Å². The number of urea groups is 1. The van der Waals surface area contributed by atoms with Crippen molar-refractivity contribution in [3.63, 3.8) is 0 Å². The highest BCUT2D eigenvalue weighted by molar-refractivity contribution is 7.15. The summed E-state index contributed by atoms with van der Waals surface area (Å²) in [6.45, 7) is 4.24. The number of aryl methyl sites for hydroxylation is 2. The second-order valence-electron chi connectivity index (χ2n) is 5.64. The van der Waals surface area contributed by atoms with Gasteiger partial charge in [0, 0.05) is 5.69 Å². The minimum absolute atomic E-state index is 0.267. The maximum atomic E-state index is 12.9. The number of benzene rings is 2. The van der Waals surface area contributed by atoms with Crippen LogP contribution in [-0.2, 0) is 6.61 Å². The largest absolute Gasteiger partial charge is 0.486 e. The molecule has 3 rings (SSSR count). The molecule has 26 heavy (non-hydrogen) atoms. The van der Waals surface area contributed by atoms with Gasteiger partial charge >= 0.3 is 6.03 Å². The second-order valence-corrected chi connectivity index (χ2v) is 6.71. The molecule has 1 heterocycles. The van der Waals surface area contributed by atoms with Crippen LogP contribution in [0, 0.1) is 19.7 Å². The van der Waals surface area contributed by atoms with E-state index in [9.17, 15) is 9.18 Å². The van der Waals surface area contributed by atoms with E-state index in [1.807, 2.05) is 32.0 Å². The van der Waals surface area contributed by atoms with Crippen molar-refractivity contribution in [1.29, 1.82) is 0 Å². The van der Waals surface area contributed by atoms with Crippen molar-refractivity contribution in [2.24, 2.45) is 0 Å². The molecule has 0 aliphatic heterocycles. The Hall–Kier alpha value is -3.00. The summed E-state index contributed by atoms with van der Waals surface area (Å²) in [5.41, 5.74) is 2.63.